The van der Waals surface area contributed by atoms with Gasteiger partial charge in [-0.3, -0.25) is 9.69 Å². The lowest BCUT2D eigenvalue weighted by Crippen LogP contribution is -2.48. The second-order valence-corrected chi connectivity index (χ2v) is 5.95. The first-order valence-corrected chi connectivity index (χ1v) is 8.03. The van der Waals surface area contributed by atoms with Crippen molar-refractivity contribution in [2.45, 2.75) is 44.8 Å². The minimum atomic E-state index is -0.815. The third kappa shape index (κ3) is 4.97. The average molecular weight is 326 g/mol. The van der Waals surface area contributed by atoms with E-state index >= 15 is 0 Å². The predicted molar refractivity (Wildman–Crippen MR) is 83.9 cm³/mol. The molecule has 0 radical (unpaired) electrons. The van der Waals surface area contributed by atoms with Gasteiger partial charge in [0.2, 0.25) is 0 Å². The van der Waals surface area contributed by atoms with Crippen LogP contribution in [0.15, 0.2) is 18.2 Å². The minimum absolute atomic E-state index is 0.225. The lowest BCUT2D eigenvalue weighted by molar-refractivity contribution is -0.143. The number of carbonyl (C=O) groups excluding carboxylic acids is 1. The predicted octanol–water partition coefficient (Wildman–Crippen LogP) is 2.47. The number of nitrogens with zero attached hydrogens (tertiary/aromatic N) is 1. The number of methoxy groups -OCH3 is 1. The van der Waals surface area contributed by atoms with Crippen molar-refractivity contribution in [2.24, 2.45) is 0 Å². The standard InChI is InChI=1S/C17H24F2N2O2/c1-3-16(17(22)23-2)20-13-6-8-21(9-7-13)11-12-4-5-14(18)15(19)10-12/h4-5,10,13,16,20H,3,6-9,11H2,1-2H3/t16-/m1/s1. The summed E-state index contributed by atoms with van der Waals surface area (Å²) in [7, 11) is 1.40. The highest BCUT2D eigenvalue weighted by Gasteiger charge is 2.24. The Morgan fingerprint density at radius 2 is 2.04 bits per heavy atom. The Balaban J connectivity index is 1.81. The molecule has 2 rings (SSSR count). The molecule has 0 aromatic heterocycles. The maximum Gasteiger partial charge on any atom is 0.322 e. The van der Waals surface area contributed by atoms with E-state index in [1.54, 1.807) is 6.07 Å². The van der Waals surface area contributed by atoms with Crippen molar-refractivity contribution in [1.82, 2.24) is 10.2 Å². The Morgan fingerprint density at radius 3 is 2.61 bits per heavy atom. The summed E-state index contributed by atoms with van der Waals surface area (Å²) in [6, 6.07) is 4.06. The zero-order valence-corrected chi connectivity index (χ0v) is 13.6. The molecule has 0 spiro atoms. The quantitative estimate of drug-likeness (QED) is 0.816. The van der Waals surface area contributed by atoms with E-state index in [2.05, 4.69) is 10.2 Å². The van der Waals surface area contributed by atoms with Gasteiger partial charge in [0.05, 0.1) is 7.11 Å². The lowest BCUT2D eigenvalue weighted by Gasteiger charge is -2.34. The van der Waals surface area contributed by atoms with Crippen molar-refractivity contribution in [3.8, 4) is 0 Å². The monoisotopic (exact) mass is 326 g/mol. The van der Waals surface area contributed by atoms with E-state index in [0.717, 1.165) is 31.5 Å². The molecule has 4 nitrogen and oxygen atoms in total. The number of halogens is 2. The van der Waals surface area contributed by atoms with Crippen LogP contribution >= 0.6 is 0 Å². The summed E-state index contributed by atoms with van der Waals surface area (Å²) >= 11 is 0. The molecular weight excluding hydrogens is 302 g/mol. The van der Waals surface area contributed by atoms with Crippen LogP contribution in [-0.2, 0) is 16.1 Å². The van der Waals surface area contributed by atoms with Crippen LogP contribution in [0.1, 0.15) is 31.7 Å². The van der Waals surface area contributed by atoms with E-state index in [9.17, 15) is 13.6 Å². The normalized spacial score (nSPS) is 17.9. The average Bonchev–Trinajstić information content (AvgIpc) is 2.57. The second-order valence-electron chi connectivity index (χ2n) is 5.95. The molecule has 1 aromatic carbocycles. The first-order valence-electron chi connectivity index (χ1n) is 8.03. The number of benzene rings is 1. The Labute approximate surface area is 135 Å². The molecule has 1 fully saturated rings. The van der Waals surface area contributed by atoms with Crippen molar-refractivity contribution < 1.29 is 18.3 Å². The Bertz CT molecular complexity index is 531. The molecule has 1 aliphatic heterocycles. The van der Waals surface area contributed by atoms with E-state index in [0.29, 0.717) is 13.0 Å². The Morgan fingerprint density at radius 1 is 1.35 bits per heavy atom. The van der Waals surface area contributed by atoms with Crippen molar-refractivity contribution in [3.63, 3.8) is 0 Å². The van der Waals surface area contributed by atoms with Crippen LogP contribution in [0.3, 0.4) is 0 Å². The van der Waals surface area contributed by atoms with Crippen LogP contribution in [0.5, 0.6) is 0 Å². The number of nitrogens with one attached hydrogen (secondary N) is 1. The summed E-state index contributed by atoms with van der Waals surface area (Å²) in [5.74, 6) is -1.84. The number of likely N-dealkylation sites (tertiary alicyclic amines) is 1. The first kappa shape index (κ1) is 17.8. The van der Waals surface area contributed by atoms with Gasteiger partial charge in [-0.25, -0.2) is 8.78 Å². The zero-order valence-electron chi connectivity index (χ0n) is 13.6. The highest BCUT2D eigenvalue weighted by atomic mass is 19.2. The third-order valence-electron chi connectivity index (χ3n) is 4.31. The SMILES string of the molecule is CC[C@@H](NC1CCN(Cc2ccc(F)c(F)c2)CC1)C(=O)OC. The Hall–Kier alpha value is -1.53. The van der Waals surface area contributed by atoms with Crippen molar-refractivity contribution >= 4 is 5.97 Å². The van der Waals surface area contributed by atoms with Crippen LogP contribution in [0, 0.1) is 11.6 Å². The zero-order chi connectivity index (χ0) is 16.8. The maximum absolute atomic E-state index is 13.2. The highest BCUT2D eigenvalue weighted by Crippen LogP contribution is 2.16. The van der Waals surface area contributed by atoms with Gasteiger partial charge in [-0.2, -0.15) is 0 Å². The fraction of sp³-hybridized carbons (Fsp3) is 0.588. The summed E-state index contributed by atoms with van der Waals surface area (Å²) in [5.41, 5.74) is 0.774. The Kier molecular flexibility index (Phi) is 6.47. The molecular formula is C17H24F2N2O2. The molecule has 6 heteroatoms. The van der Waals surface area contributed by atoms with Crippen LogP contribution in [-0.4, -0.2) is 43.2 Å². The van der Waals surface area contributed by atoms with Gasteiger partial charge >= 0.3 is 5.97 Å². The third-order valence-corrected chi connectivity index (χ3v) is 4.31. The van der Waals surface area contributed by atoms with Crippen LogP contribution < -0.4 is 5.32 Å². The van der Waals surface area contributed by atoms with Gasteiger partial charge in [0.1, 0.15) is 6.04 Å². The molecule has 0 amide bonds. The van der Waals surface area contributed by atoms with Crippen LogP contribution in [0.4, 0.5) is 8.78 Å². The number of hydrogen-bond acceptors (Lipinski definition) is 4. The number of piperidine rings is 1. The first-order chi connectivity index (χ1) is 11.0. The maximum atomic E-state index is 13.2. The molecule has 1 atom stereocenters. The van der Waals surface area contributed by atoms with E-state index in [1.807, 2.05) is 6.92 Å². The molecule has 1 N–H and O–H groups in total. The van der Waals surface area contributed by atoms with Gasteiger partial charge in [0.25, 0.3) is 0 Å². The molecule has 1 heterocycles. The van der Waals surface area contributed by atoms with Gasteiger partial charge in [-0.1, -0.05) is 13.0 Å². The minimum Gasteiger partial charge on any atom is -0.468 e. The van der Waals surface area contributed by atoms with Crippen molar-refractivity contribution in [2.75, 3.05) is 20.2 Å². The summed E-state index contributed by atoms with van der Waals surface area (Å²) in [6.45, 7) is 4.27. The second kappa shape index (κ2) is 8.36. The molecule has 0 aliphatic carbocycles. The van der Waals surface area contributed by atoms with E-state index in [-0.39, 0.29) is 18.1 Å². The van der Waals surface area contributed by atoms with Gasteiger partial charge in [-0.15, -0.1) is 0 Å². The molecule has 0 bridgehead atoms. The van der Waals surface area contributed by atoms with E-state index in [4.69, 9.17) is 4.74 Å². The summed E-state index contributed by atoms with van der Waals surface area (Å²) in [5, 5.41) is 3.35. The molecule has 23 heavy (non-hydrogen) atoms. The number of ether oxygens (including phenoxy) is 1. The number of hydrogen-bond donors (Lipinski definition) is 1. The van der Waals surface area contributed by atoms with Crippen LogP contribution in [0.2, 0.25) is 0 Å². The summed E-state index contributed by atoms with van der Waals surface area (Å²) < 4.78 is 31.0. The van der Waals surface area contributed by atoms with Gasteiger partial charge in [0, 0.05) is 12.6 Å². The van der Waals surface area contributed by atoms with E-state index < -0.39 is 11.6 Å². The largest absolute Gasteiger partial charge is 0.468 e. The summed E-state index contributed by atoms with van der Waals surface area (Å²) in [4.78, 5) is 13.8. The lowest BCUT2D eigenvalue weighted by atomic mass is 10.0. The molecule has 1 aromatic rings. The topological polar surface area (TPSA) is 41.6 Å². The number of carbonyl (C=O) groups is 1. The molecule has 0 unspecified atom stereocenters. The van der Waals surface area contributed by atoms with Crippen molar-refractivity contribution in [3.05, 3.63) is 35.4 Å². The molecule has 1 saturated heterocycles. The molecule has 128 valence electrons. The summed E-state index contributed by atoms with van der Waals surface area (Å²) in [6.07, 6.45) is 2.52. The van der Waals surface area contributed by atoms with E-state index in [1.165, 1.54) is 19.2 Å². The molecule has 1 aliphatic rings. The number of esters is 1. The number of rotatable bonds is 6. The van der Waals surface area contributed by atoms with Gasteiger partial charge < -0.3 is 10.1 Å². The van der Waals surface area contributed by atoms with Crippen LogP contribution in [0.25, 0.3) is 0 Å². The van der Waals surface area contributed by atoms with Crippen molar-refractivity contribution in [1.29, 1.82) is 0 Å². The smallest absolute Gasteiger partial charge is 0.322 e. The molecule has 0 saturated carbocycles. The fourth-order valence-corrected chi connectivity index (χ4v) is 2.93. The van der Waals surface area contributed by atoms with Gasteiger partial charge in [-0.05, 0) is 50.0 Å². The highest BCUT2D eigenvalue weighted by molar-refractivity contribution is 5.75. The van der Waals surface area contributed by atoms with Gasteiger partial charge in [0.15, 0.2) is 11.6 Å². The fourth-order valence-electron chi connectivity index (χ4n) is 2.93.